The van der Waals surface area contributed by atoms with Crippen LogP contribution in [-0.2, 0) is 20.9 Å². The fourth-order valence-electron chi connectivity index (χ4n) is 3.07. The zero-order chi connectivity index (χ0) is 21.7. The van der Waals surface area contributed by atoms with E-state index in [0.717, 1.165) is 44.0 Å². The van der Waals surface area contributed by atoms with E-state index in [2.05, 4.69) is 27.2 Å². The van der Waals surface area contributed by atoms with Gasteiger partial charge in [0.1, 0.15) is 6.54 Å². The summed E-state index contributed by atoms with van der Waals surface area (Å²) in [6, 6.07) is 5.71. The molecule has 0 radical (unpaired) electrons. The number of hydrogen-bond donors (Lipinski definition) is 1. The molecule has 1 aromatic heterocycles. The summed E-state index contributed by atoms with van der Waals surface area (Å²) in [6.45, 7) is 1.20. The van der Waals surface area contributed by atoms with Gasteiger partial charge in [-0.3, -0.25) is 19.3 Å². The van der Waals surface area contributed by atoms with Gasteiger partial charge in [-0.05, 0) is 42.5 Å². The second-order valence-corrected chi connectivity index (χ2v) is 8.45. The Morgan fingerprint density at radius 1 is 1.40 bits per heavy atom. The first kappa shape index (κ1) is 22.2. The Bertz CT molecular complexity index is 1070. The number of benzene rings is 1. The first-order valence-electron chi connectivity index (χ1n) is 9.17. The summed E-state index contributed by atoms with van der Waals surface area (Å²) in [7, 11) is 1.62. The number of thioether (sulfide) groups is 1. The lowest BCUT2D eigenvalue weighted by molar-refractivity contribution is -0.122. The molecule has 0 unspecified atom stereocenters. The molecule has 3 amide bonds. The van der Waals surface area contributed by atoms with Crippen molar-refractivity contribution in [2.45, 2.75) is 13.0 Å². The number of methoxy groups -OCH3 is 1. The Morgan fingerprint density at radius 2 is 2.20 bits per heavy atom. The highest BCUT2D eigenvalue weighted by atomic mass is 79.9. The lowest BCUT2D eigenvalue weighted by atomic mass is 10.1. The van der Waals surface area contributed by atoms with E-state index in [1.165, 1.54) is 0 Å². The fraction of sp³-hybridized carbons (Fsp3) is 0.286. The smallest absolute Gasteiger partial charge is 0.294 e. The lowest BCUT2D eigenvalue weighted by Gasteiger charge is -2.07. The highest BCUT2D eigenvalue weighted by molar-refractivity contribution is 9.10. The number of aromatic nitrogens is 1. The number of halogens is 1. The molecule has 1 saturated heterocycles. The zero-order valence-electron chi connectivity index (χ0n) is 16.3. The van der Waals surface area contributed by atoms with Crippen LogP contribution in [0.25, 0.3) is 17.0 Å². The molecule has 2 aromatic rings. The van der Waals surface area contributed by atoms with Crippen molar-refractivity contribution in [3.63, 3.8) is 0 Å². The minimum atomic E-state index is -0.408. The summed E-state index contributed by atoms with van der Waals surface area (Å²) < 4.78 is 7.67. The van der Waals surface area contributed by atoms with Crippen molar-refractivity contribution in [1.82, 2.24) is 14.8 Å². The van der Waals surface area contributed by atoms with Gasteiger partial charge in [-0.15, -0.1) is 6.42 Å². The molecular weight excluding hydrogens is 470 g/mol. The quantitative estimate of drug-likeness (QED) is 0.349. The van der Waals surface area contributed by atoms with Crippen LogP contribution in [0.15, 0.2) is 33.8 Å². The first-order valence-corrected chi connectivity index (χ1v) is 10.8. The normalized spacial score (nSPS) is 15.2. The average Bonchev–Trinajstić information content (AvgIpc) is 3.17. The summed E-state index contributed by atoms with van der Waals surface area (Å²) in [4.78, 5) is 38.2. The molecule has 0 atom stereocenters. The van der Waals surface area contributed by atoms with Gasteiger partial charge in [-0.1, -0.05) is 21.9 Å². The van der Waals surface area contributed by atoms with Crippen molar-refractivity contribution in [2.24, 2.45) is 0 Å². The molecule has 30 heavy (non-hydrogen) atoms. The van der Waals surface area contributed by atoms with Crippen molar-refractivity contribution in [3.8, 4) is 12.3 Å². The van der Waals surface area contributed by atoms with Gasteiger partial charge in [0, 0.05) is 47.4 Å². The predicted octanol–water partition coefficient (Wildman–Crippen LogP) is 3.23. The molecule has 1 fully saturated rings. The topological polar surface area (TPSA) is 80.6 Å². The molecule has 2 heterocycles. The fourth-order valence-corrected chi connectivity index (χ4v) is 4.26. The Labute approximate surface area is 186 Å². The molecule has 3 rings (SSSR count). The number of imide groups is 1. The van der Waals surface area contributed by atoms with Crippen molar-refractivity contribution in [3.05, 3.63) is 39.3 Å². The molecule has 1 N–H and O–H groups in total. The second kappa shape index (κ2) is 9.98. The molecule has 7 nitrogen and oxygen atoms in total. The third-order valence-electron chi connectivity index (χ3n) is 4.44. The summed E-state index contributed by atoms with van der Waals surface area (Å²) in [5, 5.41) is 3.34. The number of ether oxygens (including phenoxy) is 1. The number of rotatable bonds is 8. The number of fused-ring (bicyclic) bond motifs is 1. The van der Waals surface area contributed by atoms with Gasteiger partial charge in [-0.2, -0.15) is 0 Å². The summed E-state index contributed by atoms with van der Waals surface area (Å²) in [5.74, 6) is 1.80. The van der Waals surface area contributed by atoms with E-state index >= 15 is 0 Å². The SMILES string of the molecule is C#CCN1C(=O)S/C(=C\c2cn(CC(=O)NCCCOC)c3ccc(Br)cc23)C1=O. The molecular formula is C21H20BrN3O4S. The number of nitrogens with one attached hydrogen (secondary N) is 1. The van der Waals surface area contributed by atoms with Gasteiger partial charge in [-0.25, -0.2) is 0 Å². The van der Waals surface area contributed by atoms with Crippen LogP contribution in [0.1, 0.15) is 12.0 Å². The van der Waals surface area contributed by atoms with Crippen LogP contribution in [0, 0.1) is 12.3 Å². The van der Waals surface area contributed by atoms with Crippen LogP contribution in [0.3, 0.4) is 0 Å². The van der Waals surface area contributed by atoms with Crippen molar-refractivity contribution < 1.29 is 19.1 Å². The second-order valence-electron chi connectivity index (χ2n) is 6.54. The van der Waals surface area contributed by atoms with E-state index in [1.54, 1.807) is 19.4 Å². The van der Waals surface area contributed by atoms with Crippen LogP contribution in [0.5, 0.6) is 0 Å². The number of amides is 3. The maximum atomic E-state index is 12.5. The van der Waals surface area contributed by atoms with Gasteiger partial charge in [0.05, 0.1) is 11.4 Å². The van der Waals surface area contributed by atoms with Crippen LogP contribution < -0.4 is 5.32 Å². The van der Waals surface area contributed by atoms with Crippen LogP contribution >= 0.6 is 27.7 Å². The number of terminal acetylenes is 1. The third-order valence-corrected chi connectivity index (χ3v) is 5.85. The maximum Gasteiger partial charge on any atom is 0.294 e. The van der Waals surface area contributed by atoms with E-state index in [-0.39, 0.29) is 24.2 Å². The summed E-state index contributed by atoms with van der Waals surface area (Å²) >= 11 is 4.32. The minimum absolute atomic E-state index is 0.0570. The Hall–Kier alpha value is -2.54. The number of hydrogen-bond acceptors (Lipinski definition) is 5. The Balaban J connectivity index is 1.88. The molecule has 156 valence electrons. The first-order chi connectivity index (χ1) is 14.4. The molecule has 1 aliphatic rings. The standard InChI is InChI=1S/C21H20BrN3O4S/c1-3-8-25-20(27)18(30-21(25)28)10-14-12-24(13-19(26)23-7-4-9-29-2)17-6-5-15(22)11-16(14)17/h1,5-6,10-12H,4,7-9,13H2,2H3,(H,23,26)/b18-10-. The van der Waals surface area contributed by atoms with Crippen LogP contribution in [-0.4, -0.2) is 53.3 Å². The van der Waals surface area contributed by atoms with E-state index in [9.17, 15) is 14.4 Å². The highest BCUT2D eigenvalue weighted by Crippen LogP contribution is 2.34. The largest absolute Gasteiger partial charge is 0.385 e. The third kappa shape index (κ3) is 4.95. The molecule has 0 aliphatic carbocycles. The Kier molecular flexibility index (Phi) is 7.37. The van der Waals surface area contributed by atoms with E-state index < -0.39 is 5.91 Å². The van der Waals surface area contributed by atoms with Gasteiger partial charge in [0.25, 0.3) is 11.1 Å². The number of carbonyl (C=O) groups excluding carboxylic acids is 3. The lowest BCUT2D eigenvalue weighted by Crippen LogP contribution is -2.28. The monoisotopic (exact) mass is 489 g/mol. The average molecular weight is 490 g/mol. The van der Waals surface area contributed by atoms with Crippen LogP contribution in [0.2, 0.25) is 0 Å². The van der Waals surface area contributed by atoms with E-state index in [4.69, 9.17) is 11.2 Å². The molecule has 0 bridgehead atoms. The Morgan fingerprint density at radius 3 is 2.93 bits per heavy atom. The van der Waals surface area contributed by atoms with Gasteiger partial charge in [0.2, 0.25) is 5.91 Å². The van der Waals surface area contributed by atoms with E-state index in [1.807, 2.05) is 22.8 Å². The zero-order valence-corrected chi connectivity index (χ0v) is 18.7. The maximum absolute atomic E-state index is 12.5. The van der Waals surface area contributed by atoms with Crippen molar-refractivity contribution >= 4 is 61.7 Å². The van der Waals surface area contributed by atoms with Crippen molar-refractivity contribution in [2.75, 3.05) is 26.8 Å². The molecule has 1 aliphatic heterocycles. The number of nitrogens with zero attached hydrogens (tertiary/aromatic N) is 2. The summed E-state index contributed by atoms with van der Waals surface area (Å²) in [5.41, 5.74) is 1.59. The number of carbonyl (C=O) groups is 3. The summed E-state index contributed by atoms with van der Waals surface area (Å²) in [6.07, 6.45) is 9.46. The molecule has 1 aromatic carbocycles. The van der Waals surface area contributed by atoms with Crippen LogP contribution in [0.4, 0.5) is 4.79 Å². The highest BCUT2D eigenvalue weighted by Gasteiger charge is 2.34. The van der Waals surface area contributed by atoms with Gasteiger partial charge >= 0.3 is 0 Å². The van der Waals surface area contributed by atoms with E-state index in [0.29, 0.717) is 18.1 Å². The van der Waals surface area contributed by atoms with Gasteiger partial charge < -0.3 is 14.6 Å². The minimum Gasteiger partial charge on any atom is -0.385 e. The molecule has 9 heteroatoms. The predicted molar refractivity (Wildman–Crippen MR) is 121 cm³/mol. The van der Waals surface area contributed by atoms with Gasteiger partial charge in [0.15, 0.2) is 0 Å². The molecule has 0 spiro atoms. The van der Waals surface area contributed by atoms with Crippen molar-refractivity contribution in [1.29, 1.82) is 0 Å². The molecule has 0 saturated carbocycles.